The fourth-order valence-corrected chi connectivity index (χ4v) is 3.25. The van der Waals surface area contributed by atoms with Crippen molar-refractivity contribution in [2.45, 2.75) is 25.9 Å². The van der Waals surface area contributed by atoms with E-state index in [1.165, 1.54) is 19.1 Å². The van der Waals surface area contributed by atoms with Gasteiger partial charge in [0.2, 0.25) is 5.91 Å². The maximum absolute atomic E-state index is 13.4. The first-order chi connectivity index (χ1) is 14.0. The number of rotatable bonds is 8. The Kier molecular flexibility index (Phi) is 6.71. The lowest BCUT2D eigenvalue weighted by atomic mass is 10.1. The van der Waals surface area contributed by atoms with Gasteiger partial charge in [0.05, 0.1) is 20.3 Å². The zero-order valence-corrected chi connectivity index (χ0v) is 16.8. The van der Waals surface area contributed by atoms with E-state index in [-0.39, 0.29) is 30.7 Å². The number of hydrogen-bond acceptors (Lipinski definition) is 7. The van der Waals surface area contributed by atoms with E-state index in [0.29, 0.717) is 29.7 Å². The van der Waals surface area contributed by atoms with Gasteiger partial charge in [-0.05, 0) is 31.9 Å². The van der Waals surface area contributed by atoms with Gasteiger partial charge < -0.3 is 29.0 Å². The monoisotopic (exact) mass is 403 g/mol. The molecule has 0 saturated carbocycles. The lowest BCUT2D eigenvalue weighted by Gasteiger charge is -2.26. The molecule has 1 aromatic heterocycles. The van der Waals surface area contributed by atoms with Crippen molar-refractivity contribution < 1.29 is 28.3 Å². The van der Waals surface area contributed by atoms with Crippen LogP contribution in [0.5, 0.6) is 11.5 Å². The molecule has 1 aromatic carbocycles. The number of benzene rings is 1. The number of anilines is 1. The van der Waals surface area contributed by atoms with Crippen molar-refractivity contribution in [3.63, 3.8) is 0 Å². The third-order valence-corrected chi connectivity index (χ3v) is 4.61. The Labute approximate surface area is 168 Å². The van der Waals surface area contributed by atoms with Crippen molar-refractivity contribution in [1.29, 1.82) is 0 Å². The molecule has 2 aromatic rings. The van der Waals surface area contributed by atoms with Crippen LogP contribution in [0.15, 0.2) is 28.8 Å². The van der Waals surface area contributed by atoms with Crippen LogP contribution in [-0.2, 0) is 9.53 Å². The van der Waals surface area contributed by atoms with Gasteiger partial charge in [0.25, 0.3) is 5.91 Å². The highest BCUT2D eigenvalue weighted by molar-refractivity contribution is 6.02. The number of aryl methyl sites for hydroxylation is 1. The highest BCUT2D eigenvalue weighted by Gasteiger charge is 2.29. The zero-order chi connectivity index (χ0) is 20.8. The predicted octanol–water partition coefficient (Wildman–Crippen LogP) is 2.26. The number of amides is 2. The fourth-order valence-electron chi connectivity index (χ4n) is 3.25. The maximum Gasteiger partial charge on any atom is 0.261 e. The molecule has 1 fully saturated rings. The molecule has 0 aliphatic carbocycles. The standard InChI is InChI=1S/C20H25N3O6/c1-13-10-17(22-29-13)21-18(24)12-23(11-14-6-5-9-28-14)20(25)19-15(26-2)7-4-8-16(19)27-3/h4,7-8,10,14H,5-6,9,11-12H2,1-3H3,(H,21,22,24). The van der Waals surface area contributed by atoms with Crippen LogP contribution in [0.4, 0.5) is 5.82 Å². The highest BCUT2D eigenvalue weighted by atomic mass is 16.5. The fraction of sp³-hybridized carbons (Fsp3) is 0.450. The van der Waals surface area contributed by atoms with Crippen LogP contribution < -0.4 is 14.8 Å². The Morgan fingerprint density at radius 1 is 1.28 bits per heavy atom. The van der Waals surface area contributed by atoms with Crippen LogP contribution in [-0.4, -0.2) is 61.9 Å². The third-order valence-electron chi connectivity index (χ3n) is 4.61. The van der Waals surface area contributed by atoms with Gasteiger partial charge in [-0.3, -0.25) is 9.59 Å². The smallest absolute Gasteiger partial charge is 0.261 e. The summed E-state index contributed by atoms with van der Waals surface area (Å²) in [6.45, 7) is 2.48. The van der Waals surface area contributed by atoms with Crippen LogP contribution >= 0.6 is 0 Å². The first kappa shape index (κ1) is 20.7. The summed E-state index contributed by atoms with van der Waals surface area (Å²) in [5.74, 6) is 0.858. The van der Waals surface area contributed by atoms with Crippen LogP contribution in [0.25, 0.3) is 0 Å². The summed E-state index contributed by atoms with van der Waals surface area (Å²) in [6.07, 6.45) is 1.63. The maximum atomic E-state index is 13.4. The molecule has 1 aliphatic rings. The number of ether oxygens (including phenoxy) is 3. The summed E-state index contributed by atoms with van der Waals surface area (Å²) < 4.78 is 21.3. The van der Waals surface area contributed by atoms with Gasteiger partial charge in [-0.25, -0.2) is 0 Å². The van der Waals surface area contributed by atoms with Crippen molar-refractivity contribution >= 4 is 17.6 Å². The lowest BCUT2D eigenvalue weighted by Crippen LogP contribution is -2.42. The Morgan fingerprint density at radius 2 is 2.00 bits per heavy atom. The van der Waals surface area contributed by atoms with Crippen LogP contribution in [0.3, 0.4) is 0 Å². The molecule has 29 heavy (non-hydrogen) atoms. The van der Waals surface area contributed by atoms with Gasteiger partial charge in [-0.15, -0.1) is 0 Å². The topological polar surface area (TPSA) is 103 Å². The zero-order valence-electron chi connectivity index (χ0n) is 16.8. The van der Waals surface area contributed by atoms with E-state index in [1.807, 2.05) is 0 Å². The normalized spacial score (nSPS) is 15.8. The Balaban J connectivity index is 1.82. The minimum atomic E-state index is -0.390. The second-order valence-corrected chi connectivity index (χ2v) is 6.73. The largest absolute Gasteiger partial charge is 0.496 e. The summed E-state index contributed by atoms with van der Waals surface area (Å²) >= 11 is 0. The van der Waals surface area contributed by atoms with Gasteiger partial charge in [0, 0.05) is 19.2 Å². The number of methoxy groups -OCH3 is 2. The number of aromatic nitrogens is 1. The van der Waals surface area contributed by atoms with Crippen molar-refractivity contribution in [1.82, 2.24) is 10.1 Å². The van der Waals surface area contributed by atoms with Gasteiger partial charge in [0.1, 0.15) is 29.4 Å². The molecule has 3 rings (SSSR count). The van der Waals surface area contributed by atoms with E-state index in [0.717, 1.165) is 12.8 Å². The molecule has 9 nitrogen and oxygen atoms in total. The molecular weight excluding hydrogens is 378 g/mol. The van der Waals surface area contributed by atoms with E-state index >= 15 is 0 Å². The molecular formula is C20H25N3O6. The number of nitrogens with one attached hydrogen (secondary N) is 1. The summed E-state index contributed by atoms with van der Waals surface area (Å²) in [7, 11) is 2.96. The van der Waals surface area contributed by atoms with Gasteiger partial charge >= 0.3 is 0 Å². The molecule has 2 heterocycles. The van der Waals surface area contributed by atoms with Crippen molar-refractivity contribution in [2.75, 3.05) is 39.2 Å². The third kappa shape index (κ3) is 5.05. The summed E-state index contributed by atoms with van der Waals surface area (Å²) in [5.41, 5.74) is 0.264. The second kappa shape index (κ2) is 9.42. The van der Waals surface area contributed by atoms with Gasteiger partial charge in [-0.1, -0.05) is 11.2 Å². The van der Waals surface area contributed by atoms with E-state index in [9.17, 15) is 9.59 Å². The molecule has 1 unspecified atom stereocenters. The second-order valence-electron chi connectivity index (χ2n) is 6.73. The van der Waals surface area contributed by atoms with Crippen LogP contribution in [0.2, 0.25) is 0 Å². The Morgan fingerprint density at radius 3 is 2.55 bits per heavy atom. The predicted molar refractivity (Wildman–Crippen MR) is 104 cm³/mol. The molecule has 1 saturated heterocycles. The Bertz CT molecular complexity index is 837. The molecule has 1 N–H and O–H groups in total. The van der Waals surface area contributed by atoms with Crippen LogP contribution in [0.1, 0.15) is 29.0 Å². The molecule has 1 aliphatic heterocycles. The van der Waals surface area contributed by atoms with Gasteiger partial charge in [0.15, 0.2) is 5.82 Å². The average molecular weight is 403 g/mol. The van der Waals surface area contributed by atoms with E-state index in [4.69, 9.17) is 18.7 Å². The summed E-state index contributed by atoms with van der Waals surface area (Å²) in [6, 6.07) is 6.70. The molecule has 2 amide bonds. The molecule has 9 heteroatoms. The van der Waals surface area contributed by atoms with E-state index in [1.54, 1.807) is 31.2 Å². The van der Waals surface area contributed by atoms with E-state index in [2.05, 4.69) is 10.5 Å². The Hall–Kier alpha value is -3.07. The molecule has 156 valence electrons. The average Bonchev–Trinajstić information content (AvgIpc) is 3.37. The summed E-state index contributed by atoms with van der Waals surface area (Å²) in [5, 5.41) is 6.39. The quantitative estimate of drug-likeness (QED) is 0.721. The summed E-state index contributed by atoms with van der Waals surface area (Å²) in [4.78, 5) is 27.4. The van der Waals surface area contributed by atoms with Crippen molar-refractivity contribution in [3.05, 3.63) is 35.6 Å². The first-order valence-corrected chi connectivity index (χ1v) is 9.37. The number of nitrogens with zero attached hydrogens (tertiary/aromatic N) is 2. The molecule has 0 spiro atoms. The minimum Gasteiger partial charge on any atom is -0.496 e. The molecule has 0 radical (unpaired) electrons. The molecule has 1 atom stereocenters. The molecule has 0 bridgehead atoms. The number of hydrogen-bond donors (Lipinski definition) is 1. The SMILES string of the molecule is COc1cccc(OC)c1C(=O)N(CC(=O)Nc1cc(C)on1)CC1CCCO1. The van der Waals surface area contributed by atoms with E-state index < -0.39 is 5.91 Å². The van der Waals surface area contributed by atoms with Gasteiger partial charge in [-0.2, -0.15) is 0 Å². The minimum absolute atomic E-state index is 0.123. The van der Waals surface area contributed by atoms with Crippen molar-refractivity contribution in [2.24, 2.45) is 0 Å². The highest BCUT2D eigenvalue weighted by Crippen LogP contribution is 2.30. The first-order valence-electron chi connectivity index (χ1n) is 9.37. The number of carbonyl (C=O) groups excluding carboxylic acids is 2. The van der Waals surface area contributed by atoms with Crippen molar-refractivity contribution in [3.8, 4) is 11.5 Å². The van der Waals surface area contributed by atoms with Crippen LogP contribution in [0, 0.1) is 6.92 Å². The number of carbonyl (C=O) groups is 2. The lowest BCUT2D eigenvalue weighted by molar-refractivity contribution is -0.117.